The van der Waals surface area contributed by atoms with Gasteiger partial charge in [-0.25, -0.2) is 18.9 Å². The molecule has 0 amide bonds. The van der Waals surface area contributed by atoms with E-state index in [1.54, 1.807) is 12.3 Å². The first kappa shape index (κ1) is 11.7. The van der Waals surface area contributed by atoms with Crippen molar-refractivity contribution in [1.82, 2.24) is 19.2 Å². The average molecular weight is 263 g/mol. The van der Waals surface area contributed by atoms with Crippen LogP contribution in [0.3, 0.4) is 0 Å². The quantitative estimate of drug-likeness (QED) is 0.808. The highest BCUT2D eigenvalue weighted by atomic mass is 16.4. The number of hydrogen-bond donors (Lipinski definition) is 1. The summed E-state index contributed by atoms with van der Waals surface area (Å²) in [5.74, 6) is -0.558. The Morgan fingerprint density at radius 3 is 2.79 bits per heavy atom. The molecular weight excluding hydrogens is 250 g/mol. The minimum Gasteiger partial charge on any atom is -0.480 e. The van der Waals surface area contributed by atoms with Crippen molar-refractivity contribution in [2.75, 3.05) is 18.0 Å². The van der Waals surface area contributed by atoms with E-state index in [1.807, 2.05) is 4.90 Å². The highest BCUT2D eigenvalue weighted by Crippen LogP contribution is 2.16. The van der Waals surface area contributed by atoms with E-state index in [0.717, 1.165) is 30.6 Å². The molecule has 8 heteroatoms. The zero-order valence-electron chi connectivity index (χ0n) is 10.2. The molecule has 0 unspecified atom stereocenters. The van der Waals surface area contributed by atoms with Gasteiger partial charge in [-0.15, -0.1) is 5.10 Å². The number of anilines is 1. The van der Waals surface area contributed by atoms with Crippen molar-refractivity contribution in [2.24, 2.45) is 0 Å². The lowest BCUT2D eigenvalue weighted by molar-refractivity contribution is -0.137. The summed E-state index contributed by atoms with van der Waals surface area (Å²) < 4.78 is 2.31. The van der Waals surface area contributed by atoms with Gasteiger partial charge in [-0.3, -0.25) is 4.79 Å². The Morgan fingerprint density at radius 1 is 1.37 bits per heavy atom. The molecule has 3 rings (SSSR count). The van der Waals surface area contributed by atoms with Gasteiger partial charge < -0.3 is 10.0 Å². The van der Waals surface area contributed by atoms with E-state index < -0.39 is 18.2 Å². The van der Waals surface area contributed by atoms with Gasteiger partial charge in [0.05, 0.1) is 0 Å². The molecule has 1 fully saturated rings. The fourth-order valence-electron chi connectivity index (χ4n) is 2.32. The maximum Gasteiger partial charge on any atom is 0.353 e. The molecule has 8 nitrogen and oxygen atoms in total. The third-order valence-electron chi connectivity index (χ3n) is 3.15. The van der Waals surface area contributed by atoms with Crippen LogP contribution in [0.2, 0.25) is 0 Å². The Labute approximate surface area is 107 Å². The van der Waals surface area contributed by atoms with Gasteiger partial charge >= 0.3 is 11.7 Å². The lowest BCUT2D eigenvalue weighted by atomic mass is 10.4. The molecule has 0 aromatic carbocycles. The number of aliphatic carboxylic acids is 1. The Bertz CT molecular complexity index is 683. The van der Waals surface area contributed by atoms with Crippen molar-refractivity contribution >= 4 is 17.6 Å². The van der Waals surface area contributed by atoms with Crippen molar-refractivity contribution in [2.45, 2.75) is 19.4 Å². The summed E-state index contributed by atoms with van der Waals surface area (Å²) in [6.07, 6.45) is 3.71. The largest absolute Gasteiger partial charge is 0.480 e. The second-order valence-electron chi connectivity index (χ2n) is 4.47. The lowest BCUT2D eigenvalue weighted by Gasteiger charge is -2.16. The fraction of sp³-hybridized carbons (Fsp3) is 0.455. The summed E-state index contributed by atoms with van der Waals surface area (Å²) in [6.45, 7) is 1.26. The van der Waals surface area contributed by atoms with Crippen LogP contribution in [-0.2, 0) is 11.3 Å². The first-order valence-corrected chi connectivity index (χ1v) is 6.08. The van der Waals surface area contributed by atoms with Crippen LogP contribution in [0, 0.1) is 0 Å². The van der Waals surface area contributed by atoms with E-state index in [1.165, 1.54) is 4.40 Å². The molecule has 2 aromatic heterocycles. The summed E-state index contributed by atoms with van der Waals surface area (Å²) in [7, 11) is 0. The molecule has 2 aromatic rings. The van der Waals surface area contributed by atoms with Crippen LogP contribution in [0.25, 0.3) is 5.65 Å². The van der Waals surface area contributed by atoms with Crippen molar-refractivity contribution in [3.63, 3.8) is 0 Å². The summed E-state index contributed by atoms with van der Waals surface area (Å²) in [6, 6.07) is 1.60. The molecule has 0 spiro atoms. The number of carboxylic acid groups (broad SMARTS) is 1. The van der Waals surface area contributed by atoms with Gasteiger partial charge in [0, 0.05) is 25.4 Å². The molecule has 1 N–H and O–H groups in total. The maximum atomic E-state index is 12.2. The molecule has 0 radical (unpaired) electrons. The minimum absolute atomic E-state index is 0.420. The van der Waals surface area contributed by atoms with Gasteiger partial charge in [0.1, 0.15) is 6.54 Å². The third-order valence-corrected chi connectivity index (χ3v) is 3.15. The molecule has 1 saturated heterocycles. The van der Waals surface area contributed by atoms with Crippen LogP contribution in [0.15, 0.2) is 17.1 Å². The van der Waals surface area contributed by atoms with Gasteiger partial charge in [0.2, 0.25) is 5.95 Å². The molecule has 19 heavy (non-hydrogen) atoms. The molecule has 100 valence electrons. The first-order chi connectivity index (χ1) is 9.16. The van der Waals surface area contributed by atoms with Gasteiger partial charge in [0.25, 0.3) is 0 Å². The standard InChI is InChI=1S/C11H13N5O3/c17-9(18)7-15-11(19)16-8(13-15)3-4-12-10(16)14-5-1-2-6-14/h3-4H,1-2,5-7H2,(H,17,18). The number of carbonyl (C=O) groups is 1. The Balaban J connectivity index is 2.15. The SMILES string of the molecule is O=C(O)Cn1nc2ccnc(N3CCCC3)n2c1=O. The molecule has 0 atom stereocenters. The minimum atomic E-state index is -1.10. The molecule has 0 bridgehead atoms. The van der Waals surface area contributed by atoms with E-state index >= 15 is 0 Å². The molecule has 1 aliphatic heterocycles. The van der Waals surface area contributed by atoms with Crippen LogP contribution in [0.1, 0.15) is 12.8 Å². The molecule has 0 saturated carbocycles. The predicted octanol–water partition coefficient (Wildman–Crippen LogP) is -0.424. The van der Waals surface area contributed by atoms with E-state index in [9.17, 15) is 9.59 Å². The summed E-state index contributed by atoms with van der Waals surface area (Å²) in [5, 5.41) is 12.8. The Hall–Kier alpha value is -2.38. The second kappa shape index (κ2) is 4.38. The predicted molar refractivity (Wildman–Crippen MR) is 66.3 cm³/mol. The monoisotopic (exact) mass is 263 g/mol. The summed E-state index contributed by atoms with van der Waals surface area (Å²) in [4.78, 5) is 29.1. The summed E-state index contributed by atoms with van der Waals surface area (Å²) >= 11 is 0. The number of carboxylic acids is 1. The number of fused-ring (bicyclic) bond motifs is 1. The van der Waals surface area contributed by atoms with Crippen LogP contribution in [0.5, 0.6) is 0 Å². The van der Waals surface area contributed by atoms with Crippen LogP contribution < -0.4 is 10.6 Å². The molecule has 1 aliphatic rings. The number of nitrogens with zero attached hydrogens (tertiary/aromatic N) is 5. The van der Waals surface area contributed by atoms with E-state index in [4.69, 9.17) is 5.11 Å². The third kappa shape index (κ3) is 1.94. The Morgan fingerprint density at radius 2 is 2.11 bits per heavy atom. The van der Waals surface area contributed by atoms with Crippen LogP contribution in [-0.4, -0.2) is 43.3 Å². The zero-order valence-corrected chi connectivity index (χ0v) is 10.2. The van der Waals surface area contributed by atoms with Gasteiger partial charge in [-0.2, -0.15) is 0 Å². The second-order valence-corrected chi connectivity index (χ2v) is 4.47. The normalized spacial score (nSPS) is 15.3. The topological polar surface area (TPSA) is 92.7 Å². The highest BCUT2D eigenvalue weighted by molar-refractivity contribution is 5.66. The van der Waals surface area contributed by atoms with Crippen LogP contribution in [0.4, 0.5) is 5.95 Å². The van der Waals surface area contributed by atoms with Gasteiger partial charge in [0.15, 0.2) is 5.65 Å². The number of rotatable bonds is 3. The Kier molecular flexibility index (Phi) is 2.69. The van der Waals surface area contributed by atoms with Crippen molar-refractivity contribution in [1.29, 1.82) is 0 Å². The molecule has 3 heterocycles. The maximum absolute atomic E-state index is 12.2. The number of hydrogen-bond acceptors (Lipinski definition) is 5. The van der Waals surface area contributed by atoms with E-state index in [0.29, 0.717) is 11.6 Å². The first-order valence-electron chi connectivity index (χ1n) is 6.08. The van der Waals surface area contributed by atoms with Crippen LogP contribution >= 0.6 is 0 Å². The van der Waals surface area contributed by atoms with Crippen molar-refractivity contribution < 1.29 is 9.90 Å². The zero-order chi connectivity index (χ0) is 13.4. The average Bonchev–Trinajstić information content (AvgIpc) is 2.98. The van der Waals surface area contributed by atoms with Gasteiger partial charge in [-0.1, -0.05) is 0 Å². The van der Waals surface area contributed by atoms with Gasteiger partial charge in [-0.05, 0) is 12.8 Å². The smallest absolute Gasteiger partial charge is 0.353 e. The summed E-state index contributed by atoms with van der Waals surface area (Å²) in [5.41, 5.74) is -0.0458. The molecule has 0 aliphatic carbocycles. The fourth-order valence-corrected chi connectivity index (χ4v) is 2.32. The molecular formula is C11H13N5O3. The lowest BCUT2D eigenvalue weighted by Crippen LogP contribution is -2.29. The van der Waals surface area contributed by atoms with E-state index in [2.05, 4.69) is 10.1 Å². The number of aromatic nitrogens is 4. The van der Waals surface area contributed by atoms with Crippen molar-refractivity contribution in [3.8, 4) is 0 Å². The van der Waals surface area contributed by atoms with E-state index in [-0.39, 0.29) is 0 Å². The highest BCUT2D eigenvalue weighted by Gasteiger charge is 2.20. The van der Waals surface area contributed by atoms with Crippen molar-refractivity contribution in [3.05, 3.63) is 22.7 Å².